The van der Waals surface area contributed by atoms with Gasteiger partial charge < -0.3 is 24.8 Å². The molecule has 0 aliphatic carbocycles. The number of benzene rings is 2. The van der Waals surface area contributed by atoms with E-state index in [0.29, 0.717) is 30.2 Å². The minimum absolute atomic E-state index is 0.150. The van der Waals surface area contributed by atoms with Crippen LogP contribution in [0.4, 0.5) is 0 Å². The number of hydrogen-bond donors (Lipinski definition) is 2. The molecule has 162 valence electrons. The van der Waals surface area contributed by atoms with Crippen molar-refractivity contribution < 1.29 is 23.8 Å². The molecule has 0 fully saturated rings. The number of hydrogen-bond acceptors (Lipinski definition) is 6. The number of carbonyl (C=O) groups is 2. The highest BCUT2D eigenvalue weighted by molar-refractivity contribution is 7.98. The first-order valence-corrected chi connectivity index (χ1v) is 10.9. The first-order valence-electron chi connectivity index (χ1n) is 9.52. The summed E-state index contributed by atoms with van der Waals surface area (Å²) in [4.78, 5) is 24.9. The Bertz CT molecular complexity index is 816. The van der Waals surface area contributed by atoms with Gasteiger partial charge in [0.2, 0.25) is 5.91 Å². The van der Waals surface area contributed by atoms with Crippen LogP contribution in [0, 0.1) is 0 Å². The second-order valence-electron chi connectivity index (χ2n) is 6.41. The Kier molecular flexibility index (Phi) is 9.86. The lowest BCUT2D eigenvalue weighted by atomic mass is 10.1. The normalized spacial score (nSPS) is 11.3. The van der Waals surface area contributed by atoms with Crippen molar-refractivity contribution in [2.24, 2.45) is 0 Å². The zero-order valence-corrected chi connectivity index (χ0v) is 18.3. The third-order valence-corrected chi connectivity index (χ3v) is 4.93. The molecule has 2 rings (SSSR count). The summed E-state index contributed by atoms with van der Waals surface area (Å²) in [6, 6.07) is 13.9. The topological polar surface area (TPSA) is 85.9 Å². The second-order valence-corrected chi connectivity index (χ2v) is 7.40. The maximum atomic E-state index is 12.7. The van der Waals surface area contributed by atoms with Crippen LogP contribution in [0.2, 0.25) is 0 Å². The van der Waals surface area contributed by atoms with Gasteiger partial charge in [0.15, 0.2) is 18.1 Å². The largest absolute Gasteiger partial charge is 0.493 e. The quantitative estimate of drug-likeness (QED) is 0.536. The lowest BCUT2D eigenvalue weighted by molar-refractivity contribution is -0.130. The summed E-state index contributed by atoms with van der Waals surface area (Å²) in [5, 5.41) is 5.64. The average Bonchev–Trinajstić information content (AvgIpc) is 2.79. The van der Waals surface area contributed by atoms with E-state index in [1.165, 1.54) is 0 Å². The Morgan fingerprint density at radius 3 is 2.43 bits per heavy atom. The molecule has 7 nitrogen and oxygen atoms in total. The summed E-state index contributed by atoms with van der Waals surface area (Å²) in [7, 11) is 3.13. The Labute approximate surface area is 181 Å². The summed E-state index contributed by atoms with van der Waals surface area (Å²) >= 11 is 1.62. The average molecular weight is 433 g/mol. The van der Waals surface area contributed by atoms with E-state index in [-0.39, 0.29) is 18.4 Å². The van der Waals surface area contributed by atoms with E-state index in [0.717, 1.165) is 11.3 Å². The van der Waals surface area contributed by atoms with E-state index in [4.69, 9.17) is 14.2 Å². The second kappa shape index (κ2) is 12.6. The maximum absolute atomic E-state index is 12.7. The van der Waals surface area contributed by atoms with Gasteiger partial charge in [-0.15, -0.1) is 0 Å². The SMILES string of the molecule is COc1ccc(CNC(=O)C(CCSC)NC(=O)COc2ccccc2)cc1OC. The molecule has 2 aromatic rings. The first kappa shape index (κ1) is 23.4. The predicted octanol–water partition coefficient (Wildman–Crippen LogP) is 2.64. The van der Waals surface area contributed by atoms with E-state index in [1.807, 2.05) is 36.6 Å². The minimum atomic E-state index is -0.635. The zero-order valence-electron chi connectivity index (χ0n) is 17.5. The van der Waals surface area contributed by atoms with Gasteiger partial charge in [-0.25, -0.2) is 0 Å². The molecule has 8 heteroatoms. The molecule has 0 spiro atoms. The van der Waals surface area contributed by atoms with Crippen molar-refractivity contribution >= 4 is 23.6 Å². The molecular formula is C22H28N2O5S. The van der Waals surface area contributed by atoms with E-state index < -0.39 is 6.04 Å². The third-order valence-electron chi connectivity index (χ3n) is 4.29. The lowest BCUT2D eigenvalue weighted by Crippen LogP contribution is -2.48. The van der Waals surface area contributed by atoms with Gasteiger partial charge in [-0.1, -0.05) is 24.3 Å². The number of methoxy groups -OCH3 is 2. The molecule has 2 amide bonds. The molecule has 2 aromatic carbocycles. The Morgan fingerprint density at radius 2 is 1.77 bits per heavy atom. The zero-order chi connectivity index (χ0) is 21.8. The molecule has 0 heterocycles. The number of amides is 2. The van der Waals surface area contributed by atoms with Crippen molar-refractivity contribution in [2.75, 3.05) is 32.8 Å². The number of nitrogens with one attached hydrogen (secondary N) is 2. The van der Waals surface area contributed by atoms with Crippen LogP contribution < -0.4 is 24.8 Å². The fourth-order valence-corrected chi connectivity index (χ4v) is 3.18. The third kappa shape index (κ3) is 7.51. The van der Waals surface area contributed by atoms with Crippen LogP contribution in [-0.2, 0) is 16.1 Å². The standard InChI is InChI=1S/C22H28N2O5S/c1-27-19-10-9-16(13-20(19)28-2)14-23-22(26)18(11-12-30-3)24-21(25)15-29-17-7-5-4-6-8-17/h4-10,13,18H,11-12,14-15H2,1-3H3,(H,23,26)(H,24,25). The van der Waals surface area contributed by atoms with Gasteiger partial charge in [0.25, 0.3) is 5.91 Å². The van der Waals surface area contributed by atoms with Gasteiger partial charge in [0.05, 0.1) is 14.2 Å². The molecule has 1 atom stereocenters. The summed E-state index contributed by atoms with van der Waals surface area (Å²) in [5.41, 5.74) is 0.864. The molecule has 0 bridgehead atoms. The summed E-state index contributed by atoms with van der Waals surface area (Å²) < 4.78 is 16.0. The Morgan fingerprint density at radius 1 is 1.03 bits per heavy atom. The van der Waals surface area contributed by atoms with Crippen LogP contribution >= 0.6 is 11.8 Å². The monoisotopic (exact) mass is 432 g/mol. The van der Waals surface area contributed by atoms with Gasteiger partial charge in [-0.05, 0) is 48.3 Å². The van der Waals surface area contributed by atoms with Crippen molar-refractivity contribution in [3.63, 3.8) is 0 Å². The molecule has 0 saturated heterocycles. The molecule has 0 radical (unpaired) electrons. The number of rotatable bonds is 12. The first-order chi connectivity index (χ1) is 14.6. The highest BCUT2D eigenvalue weighted by Crippen LogP contribution is 2.27. The van der Waals surface area contributed by atoms with Crippen LogP contribution in [0.25, 0.3) is 0 Å². The van der Waals surface area contributed by atoms with E-state index in [1.54, 1.807) is 44.2 Å². The van der Waals surface area contributed by atoms with Gasteiger partial charge in [0, 0.05) is 6.54 Å². The van der Waals surface area contributed by atoms with Crippen molar-refractivity contribution in [1.29, 1.82) is 0 Å². The molecule has 30 heavy (non-hydrogen) atoms. The minimum Gasteiger partial charge on any atom is -0.493 e. The molecule has 0 saturated carbocycles. The highest BCUT2D eigenvalue weighted by Gasteiger charge is 2.20. The van der Waals surface area contributed by atoms with Gasteiger partial charge in [-0.3, -0.25) is 9.59 Å². The molecule has 0 aliphatic heterocycles. The van der Waals surface area contributed by atoms with Crippen LogP contribution in [0.3, 0.4) is 0 Å². The van der Waals surface area contributed by atoms with E-state index in [2.05, 4.69) is 10.6 Å². The van der Waals surface area contributed by atoms with Crippen molar-refractivity contribution in [3.8, 4) is 17.2 Å². The number of para-hydroxylation sites is 1. The fourth-order valence-electron chi connectivity index (χ4n) is 2.71. The van der Waals surface area contributed by atoms with Crippen LogP contribution in [0.1, 0.15) is 12.0 Å². The molecule has 0 aliphatic rings. The molecule has 1 unspecified atom stereocenters. The number of thioether (sulfide) groups is 1. The van der Waals surface area contributed by atoms with Gasteiger partial charge in [0.1, 0.15) is 11.8 Å². The van der Waals surface area contributed by atoms with Crippen molar-refractivity contribution in [3.05, 3.63) is 54.1 Å². The van der Waals surface area contributed by atoms with Crippen LogP contribution in [0.5, 0.6) is 17.2 Å². The summed E-state index contributed by atoms with van der Waals surface area (Å²) in [6.07, 6.45) is 2.48. The smallest absolute Gasteiger partial charge is 0.258 e. The van der Waals surface area contributed by atoms with Gasteiger partial charge >= 0.3 is 0 Å². The van der Waals surface area contributed by atoms with E-state index >= 15 is 0 Å². The maximum Gasteiger partial charge on any atom is 0.258 e. The molecular weight excluding hydrogens is 404 g/mol. The van der Waals surface area contributed by atoms with Crippen molar-refractivity contribution in [2.45, 2.75) is 19.0 Å². The van der Waals surface area contributed by atoms with Gasteiger partial charge in [-0.2, -0.15) is 11.8 Å². The molecule has 2 N–H and O–H groups in total. The van der Waals surface area contributed by atoms with E-state index in [9.17, 15) is 9.59 Å². The summed E-state index contributed by atoms with van der Waals surface area (Å²) in [5.74, 6) is 1.98. The Balaban J connectivity index is 1.91. The highest BCUT2D eigenvalue weighted by atomic mass is 32.2. The van der Waals surface area contributed by atoms with Crippen LogP contribution in [0.15, 0.2) is 48.5 Å². The van der Waals surface area contributed by atoms with Crippen molar-refractivity contribution in [1.82, 2.24) is 10.6 Å². The Hall–Kier alpha value is -2.87. The fraction of sp³-hybridized carbons (Fsp3) is 0.364. The molecule has 0 aromatic heterocycles. The lowest BCUT2D eigenvalue weighted by Gasteiger charge is -2.18. The number of ether oxygens (including phenoxy) is 3. The predicted molar refractivity (Wildman–Crippen MR) is 118 cm³/mol. The number of carbonyl (C=O) groups excluding carboxylic acids is 2. The summed E-state index contributed by atoms with van der Waals surface area (Å²) in [6.45, 7) is 0.161. The van der Waals surface area contributed by atoms with Crippen LogP contribution in [-0.4, -0.2) is 50.7 Å².